The van der Waals surface area contributed by atoms with Crippen LogP contribution in [0.1, 0.15) is 46.0 Å². The standard InChI is InChI=1S/C26H27BrN2O3/c1-2-3-16-28-25(30)20-9-12-22(13-10-20)29-26(31)21-11-14-24(23(27)18-21)32-17-15-19-7-5-4-6-8-19/h4-14,18H,2-3,15-17H2,1H3,(H,28,30)(H,29,31). The molecule has 0 bridgehead atoms. The first-order chi connectivity index (χ1) is 15.6. The van der Waals surface area contributed by atoms with Crippen LogP contribution < -0.4 is 15.4 Å². The van der Waals surface area contributed by atoms with E-state index < -0.39 is 0 Å². The Labute approximate surface area is 197 Å². The Hall–Kier alpha value is -3.12. The van der Waals surface area contributed by atoms with Gasteiger partial charge in [0.1, 0.15) is 5.75 Å². The second kappa shape index (κ2) is 12.1. The lowest BCUT2D eigenvalue weighted by molar-refractivity contribution is 0.0952. The zero-order valence-corrected chi connectivity index (χ0v) is 19.7. The molecular formula is C26H27BrN2O3. The molecule has 0 heterocycles. The molecule has 0 saturated carbocycles. The Morgan fingerprint density at radius 3 is 2.31 bits per heavy atom. The summed E-state index contributed by atoms with van der Waals surface area (Å²) >= 11 is 3.49. The number of rotatable bonds is 10. The summed E-state index contributed by atoms with van der Waals surface area (Å²) in [5.41, 5.74) is 2.91. The van der Waals surface area contributed by atoms with Crippen molar-refractivity contribution >= 4 is 33.4 Å². The number of nitrogens with one attached hydrogen (secondary N) is 2. The molecule has 0 radical (unpaired) electrons. The molecule has 3 aromatic rings. The maximum absolute atomic E-state index is 12.6. The molecule has 0 aromatic heterocycles. The van der Waals surface area contributed by atoms with E-state index in [0.29, 0.717) is 35.7 Å². The maximum Gasteiger partial charge on any atom is 0.255 e. The minimum Gasteiger partial charge on any atom is -0.492 e. The van der Waals surface area contributed by atoms with Gasteiger partial charge in [-0.1, -0.05) is 43.7 Å². The topological polar surface area (TPSA) is 67.4 Å². The van der Waals surface area contributed by atoms with Crippen molar-refractivity contribution < 1.29 is 14.3 Å². The summed E-state index contributed by atoms with van der Waals surface area (Å²) < 4.78 is 6.57. The number of hydrogen-bond acceptors (Lipinski definition) is 3. The van der Waals surface area contributed by atoms with Crippen molar-refractivity contribution in [1.82, 2.24) is 5.32 Å². The van der Waals surface area contributed by atoms with Gasteiger partial charge in [0.05, 0.1) is 11.1 Å². The smallest absolute Gasteiger partial charge is 0.255 e. The van der Waals surface area contributed by atoms with Crippen molar-refractivity contribution in [2.75, 3.05) is 18.5 Å². The second-order valence-corrected chi connectivity index (χ2v) is 8.22. The van der Waals surface area contributed by atoms with E-state index in [9.17, 15) is 9.59 Å². The number of benzene rings is 3. The van der Waals surface area contributed by atoms with Crippen LogP contribution in [-0.2, 0) is 6.42 Å². The van der Waals surface area contributed by atoms with Crippen LogP contribution in [0, 0.1) is 0 Å². The van der Waals surface area contributed by atoms with Crippen molar-refractivity contribution in [3.63, 3.8) is 0 Å². The third-order valence-corrected chi connectivity index (χ3v) is 5.53. The molecule has 0 unspecified atom stereocenters. The molecule has 3 aromatic carbocycles. The van der Waals surface area contributed by atoms with E-state index in [4.69, 9.17) is 4.74 Å². The number of amides is 2. The van der Waals surface area contributed by atoms with Crippen molar-refractivity contribution in [3.8, 4) is 5.75 Å². The van der Waals surface area contributed by atoms with E-state index >= 15 is 0 Å². The molecule has 0 aliphatic rings. The molecule has 32 heavy (non-hydrogen) atoms. The highest BCUT2D eigenvalue weighted by Gasteiger charge is 2.11. The molecule has 2 amide bonds. The molecule has 0 aliphatic heterocycles. The van der Waals surface area contributed by atoms with Gasteiger partial charge in [-0.3, -0.25) is 9.59 Å². The molecule has 0 aliphatic carbocycles. The Kier molecular flexibility index (Phi) is 8.87. The normalized spacial score (nSPS) is 10.4. The molecule has 5 nitrogen and oxygen atoms in total. The van der Waals surface area contributed by atoms with Gasteiger partial charge in [-0.2, -0.15) is 0 Å². The van der Waals surface area contributed by atoms with Gasteiger partial charge in [0.25, 0.3) is 11.8 Å². The minimum absolute atomic E-state index is 0.108. The number of carbonyl (C=O) groups is 2. The molecule has 0 fully saturated rings. The summed E-state index contributed by atoms with van der Waals surface area (Å²) in [5.74, 6) is 0.348. The largest absolute Gasteiger partial charge is 0.492 e. The van der Waals surface area contributed by atoms with Crippen LogP contribution in [0.2, 0.25) is 0 Å². The quantitative estimate of drug-likeness (QED) is 0.347. The van der Waals surface area contributed by atoms with Crippen molar-refractivity contribution in [2.24, 2.45) is 0 Å². The van der Waals surface area contributed by atoms with Gasteiger partial charge >= 0.3 is 0 Å². The number of hydrogen-bond donors (Lipinski definition) is 2. The lowest BCUT2D eigenvalue weighted by Gasteiger charge is -2.11. The first kappa shape index (κ1) is 23.5. The van der Waals surface area contributed by atoms with E-state index in [0.717, 1.165) is 23.7 Å². The summed E-state index contributed by atoms with van der Waals surface area (Å²) in [6.07, 6.45) is 2.79. The van der Waals surface area contributed by atoms with Gasteiger partial charge < -0.3 is 15.4 Å². The Morgan fingerprint density at radius 2 is 1.62 bits per heavy atom. The highest BCUT2D eigenvalue weighted by atomic mass is 79.9. The summed E-state index contributed by atoms with van der Waals surface area (Å²) in [7, 11) is 0. The molecule has 6 heteroatoms. The Balaban J connectivity index is 1.53. The van der Waals surface area contributed by atoms with Crippen molar-refractivity contribution in [3.05, 3.63) is 94.0 Å². The van der Waals surface area contributed by atoms with Gasteiger partial charge in [0.15, 0.2) is 0 Å². The number of ether oxygens (including phenoxy) is 1. The number of halogens is 1. The molecular weight excluding hydrogens is 468 g/mol. The van der Waals surface area contributed by atoms with Crippen LogP contribution in [0.5, 0.6) is 5.75 Å². The van der Waals surface area contributed by atoms with Crippen LogP contribution in [0.4, 0.5) is 5.69 Å². The van der Waals surface area contributed by atoms with Crippen LogP contribution in [0.3, 0.4) is 0 Å². The van der Waals surface area contributed by atoms with E-state index in [2.05, 4.69) is 45.6 Å². The van der Waals surface area contributed by atoms with Gasteiger partial charge in [0, 0.05) is 29.8 Å². The van der Waals surface area contributed by atoms with Crippen LogP contribution in [0.15, 0.2) is 77.3 Å². The van der Waals surface area contributed by atoms with Gasteiger partial charge in [0.2, 0.25) is 0 Å². The Morgan fingerprint density at radius 1 is 0.906 bits per heavy atom. The second-order valence-electron chi connectivity index (χ2n) is 7.37. The average Bonchev–Trinajstić information content (AvgIpc) is 2.81. The third kappa shape index (κ3) is 6.95. The molecule has 3 rings (SSSR count). The third-order valence-electron chi connectivity index (χ3n) is 4.91. The average molecular weight is 495 g/mol. The van der Waals surface area contributed by atoms with Gasteiger partial charge in [-0.25, -0.2) is 0 Å². The van der Waals surface area contributed by atoms with E-state index in [1.807, 2.05) is 18.2 Å². The highest BCUT2D eigenvalue weighted by Crippen LogP contribution is 2.26. The van der Waals surface area contributed by atoms with E-state index in [1.54, 1.807) is 42.5 Å². The number of anilines is 1. The van der Waals surface area contributed by atoms with Crippen molar-refractivity contribution in [2.45, 2.75) is 26.2 Å². The molecule has 0 saturated heterocycles. The predicted octanol–water partition coefficient (Wildman–Crippen LogP) is 5.85. The fourth-order valence-corrected chi connectivity index (χ4v) is 3.56. The lowest BCUT2D eigenvalue weighted by Crippen LogP contribution is -2.24. The molecule has 166 valence electrons. The number of unbranched alkanes of at least 4 members (excludes halogenated alkanes) is 1. The van der Waals surface area contributed by atoms with Gasteiger partial charge in [-0.15, -0.1) is 0 Å². The fourth-order valence-electron chi connectivity index (χ4n) is 3.07. The fraction of sp³-hybridized carbons (Fsp3) is 0.231. The Bertz CT molecular complexity index is 1040. The van der Waals surface area contributed by atoms with E-state index in [-0.39, 0.29) is 11.8 Å². The highest BCUT2D eigenvalue weighted by molar-refractivity contribution is 9.10. The monoisotopic (exact) mass is 494 g/mol. The SMILES string of the molecule is CCCCNC(=O)c1ccc(NC(=O)c2ccc(OCCc3ccccc3)c(Br)c2)cc1. The van der Waals surface area contributed by atoms with Gasteiger partial charge in [-0.05, 0) is 70.4 Å². The maximum atomic E-state index is 12.6. The first-order valence-electron chi connectivity index (χ1n) is 10.7. The summed E-state index contributed by atoms with van der Waals surface area (Å²) in [6.45, 7) is 3.29. The summed E-state index contributed by atoms with van der Waals surface area (Å²) in [4.78, 5) is 24.7. The van der Waals surface area contributed by atoms with E-state index in [1.165, 1.54) is 5.56 Å². The summed E-state index contributed by atoms with van der Waals surface area (Å²) in [5, 5.41) is 5.73. The number of carbonyl (C=O) groups excluding carboxylic acids is 2. The predicted molar refractivity (Wildman–Crippen MR) is 131 cm³/mol. The summed E-state index contributed by atoms with van der Waals surface area (Å²) in [6, 6.07) is 22.3. The lowest BCUT2D eigenvalue weighted by atomic mass is 10.1. The molecule has 0 atom stereocenters. The molecule has 0 spiro atoms. The van der Waals surface area contributed by atoms with Crippen LogP contribution in [-0.4, -0.2) is 25.0 Å². The van der Waals surface area contributed by atoms with Crippen LogP contribution >= 0.6 is 15.9 Å². The van der Waals surface area contributed by atoms with Crippen LogP contribution in [0.25, 0.3) is 0 Å². The first-order valence-corrected chi connectivity index (χ1v) is 11.5. The minimum atomic E-state index is -0.235. The zero-order valence-electron chi connectivity index (χ0n) is 18.1. The zero-order chi connectivity index (χ0) is 22.8. The molecule has 2 N–H and O–H groups in total. The van der Waals surface area contributed by atoms with Crippen molar-refractivity contribution in [1.29, 1.82) is 0 Å².